The molecule has 6 rings (SSSR count). The van der Waals surface area contributed by atoms with Crippen LogP contribution in [0.3, 0.4) is 0 Å². The maximum atomic E-state index is 11.8. The van der Waals surface area contributed by atoms with E-state index in [-0.39, 0.29) is 4.90 Å². The van der Waals surface area contributed by atoms with Crippen LogP contribution in [0.15, 0.2) is 51.5 Å². The fourth-order valence-corrected chi connectivity index (χ4v) is 6.63. The summed E-state index contributed by atoms with van der Waals surface area (Å²) < 4.78 is 25.7. The highest BCUT2D eigenvalue weighted by Gasteiger charge is 2.38. The number of hydrogen-bond donors (Lipinski definition) is 0. The summed E-state index contributed by atoms with van der Waals surface area (Å²) in [6.45, 7) is 15.2. The Morgan fingerprint density at radius 1 is 1.09 bits per heavy atom. The summed E-state index contributed by atoms with van der Waals surface area (Å²) in [6, 6.07) is 11.3. The number of benzene rings is 2. The van der Waals surface area contributed by atoms with Gasteiger partial charge >= 0.3 is 0 Å². The zero-order valence-electron chi connectivity index (χ0n) is 20.6. The molecule has 2 aromatic carbocycles. The molecule has 0 atom stereocenters. The minimum absolute atomic E-state index is 0.288. The normalized spacial score (nSPS) is 22.3. The van der Waals surface area contributed by atoms with Crippen molar-refractivity contribution in [3.63, 3.8) is 0 Å². The molecule has 0 N–H and O–H groups in total. The van der Waals surface area contributed by atoms with Gasteiger partial charge in [0.25, 0.3) is 0 Å². The lowest BCUT2D eigenvalue weighted by molar-refractivity contribution is -0.939. The van der Waals surface area contributed by atoms with E-state index in [0.29, 0.717) is 5.13 Å². The van der Waals surface area contributed by atoms with Gasteiger partial charge in [0.15, 0.2) is 9.84 Å². The van der Waals surface area contributed by atoms with Crippen LogP contribution in [-0.2, 0) is 9.84 Å². The summed E-state index contributed by atoms with van der Waals surface area (Å²) in [5.74, 6) is 0. The van der Waals surface area contributed by atoms with Crippen LogP contribution < -0.4 is 4.90 Å². The Balaban J connectivity index is 1.28. The molecule has 0 amide bonds. The third-order valence-electron chi connectivity index (χ3n) is 7.46. The smallest absolute Gasteiger partial charge is 0.231 e. The van der Waals surface area contributed by atoms with E-state index in [2.05, 4.69) is 51.0 Å². The molecule has 3 aromatic rings. The van der Waals surface area contributed by atoms with Crippen molar-refractivity contribution < 1.29 is 12.9 Å². The molecule has 8 nitrogen and oxygen atoms in total. The predicted octanol–water partition coefficient (Wildman–Crippen LogP) is 4.40. The molecule has 0 saturated carbocycles. The Kier molecular flexibility index (Phi) is 6.65. The summed E-state index contributed by atoms with van der Waals surface area (Å²) in [5, 5.41) is 9.31. The topological polar surface area (TPSA) is 78.2 Å². The summed E-state index contributed by atoms with van der Waals surface area (Å²) in [7, 11) is -3.26. The number of aromatic nitrogens is 1. The van der Waals surface area contributed by atoms with Crippen molar-refractivity contribution in [2.24, 2.45) is 10.2 Å². The third kappa shape index (κ3) is 5.25. The molecule has 0 spiro atoms. The maximum Gasteiger partial charge on any atom is 0.231 e. The van der Waals surface area contributed by atoms with Crippen molar-refractivity contribution in [1.82, 2.24) is 9.88 Å². The highest BCUT2D eigenvalue weighted by atomic mass is 32.2. The van der Waals surface area contributed by atoms with Gasteiger partial charge in [-0.05, 0) is 55.8 Å². The second-order valence-corrected chi connectivity index (χ2v) is 12.8. The molecule has 0 unspecified atom stereocenters. The second-order valence-electron chi connectivity index (χ2n) is 9.73. The average molecular weight is 514 g/mol. The standard InChI is InChI=1S/C25H33N6O2S2/c1-4-30(12-16-31-13-9-29(10-14-31)11-15-31)20-5-7-22(19(2)17-20)27-28-25-26-23-8-6-21(35(3,32)33)18-24(23)34-25/h5-8,17-18H,4,9-16H2,1-3H3/q+1. The molecule has 4 heterocycles. The summed E-state index contributed by atoms with van der Waals surface area (Å²) in [5.41, 5.74) is 3.84. The van der Waals surface area contributed by atoms with E-state index < -0.39 is 9.84 Å². The van der Waals surface area contributed by atoms with Crippen LogP contribution in [0.2, 0.25) is 0 Å². The van der Waals surface area contributed by atoms with Crippen molar-refractivity contribution in [2.45, 2.75) is 18.7 Å². The van der Waals surface area contributed by atoms with Gasteiger partial charge in [-0.3, -0.25) is 4.90 Å². The van der Waals surface area contributed by atoms with E-state index in [1.165, 1.54) is 73.6 Å². The largest absolute Gasteiger partial charge is 0.366 e. The Morgan fingerprint density at radius 3 is 2.49 bits per heavy atom. The number of quaternary nitrogens is 1. The van der Waals surface area contributed by atoms with Crippen molar-refractivity contribution in [2.75, 3.05) is 70.1 Å². The monoisotopic (exact) mass is 513 g/mol. The Labute approximate surface area is 211 Å². The van der Waals surface area contributed by atoms with Crippen LogP contribution in [0.5, 0.6) is 0 Å². The molecule has 35 heavy (non-hydrogen) atoms. The first-order valence-electron chi connectivity index (χ1n) is 12.2. The Hall–Kier alpha value is -2.40. The third-order valence-corrected chi connectivity index (χ3v) is 9.48. The molecule has 1 aromatic heterocycles. The van der Waals surface area contributed by atoms with E-state index in [1.807, 2.05) is 6.07 Å². The van der Waals surface area contributed by atoms with Crippen molar-refractivity contribution in [1.29, 1.82) is 0 Å². The quantitative estimate of drug-likeness (QED) is 0.330. The molecule has 2 bridgehead atoms. The van der Waals surface area contributed by atoms with Gasteiger partial charge in [0, 0.05) is 38.1 Å². The van der Waals surface area contributed by atoms with E-state index in [1.54, 1.807) is 18.2 Å². The van der Waals surface area contributed by atoms with Crippen LogP contribution in [0.4, 0.5) is 16.5 Å². The number of aryl methyl sites for hydroxylation is 1. The number of hydrogen-bond acceptors (Lipinski definition) is 8. The van der Waals surface area contributed by atoms with Gasteiger partial charge in [0.1, 0.15) is 0 Å². The van der Waals surface area contributed by atoms with Crippen LogP contribution in [0.25, 0.3) is 10.2 Å². The SMILES string of the molecule is CCN(CC[N+]12CCN(CC1)CC2)c1ccc(N=Nc2nc3ccc(S(C)(=O)=O)cc3s2)c(C)c1. The molecular formula is C25H33N6O2S2+. The minimum Gasteiger partial charge on any atom is -0.366 e. The second kappa shape index (κ2) is 9.57. The number of rotatable bonds is 8. The number of azo groups is 1. The van der Waals surface area contributed by atoms with E-state index in [9.17, 15) is 8.42 Å². The number of fused-ring (bicyclic) bond motifs is 4. The van der Waals surface area contributed by atoms with Crippen LogP contribution in [0.1, 0.15) is 12.5 Å². The fourth-order valence-electron chi connectivity index (χ4n) is 5.08. The first-order valence-corrected chi connectivity index (χ1v) is 14.9. The average Bonchev–Trinajstić information content (AvgIpc) is 3.27. The van der Waals surface area contributed by atoms with Gasteiger partial charge in [-0.1, -0.05) is 11.3 Å². The zero-order chi connectivity index (χ0) is 24.6. The summed E-state index contributed by atoms with van der Waals surface area (Å²) >= 11 is 1.34. The van der Waals surface area contributed by atoms with Gasteiger partial charge < -0.3 is 9.38 Å². The Morgan fingerprint density at radius 2 is 1.83 bits per heavy atom. The number of piperazine rings is 3. The molecule has 3 fully saturated rings. The van der Waals surface area contributed by atoms with Crippen LogP contribution in [-0.4, -0.2) is 87.9 Å². The highest BCUT2D eigenvalue weighted by molar-refractivity contribution is 7.90. The number of nitrogens with zero attached hydrogens (tertiary/aromatic N) is 6. The van der Waals surface area contributed by atoms with E-state index in [0.717, 1.165) is 34.6 Å². The lowest BCUT2D eigenvalue weighted by Gasteiger charge is -2.51. The molecule has 0 aliphatic carbocycles. The number of anilines is 1. The van der Waals surface area contributed by atoms with Crippen LogP contribution >= 0.6 is 11.3 Å². The van der Waals surface area contributed by atoms with Gasteiger partial charge in [-0.2, -0.15) is 0 Å². The van der Waals surface area contributed by atoms with Gasteiger partial charge in [-0.25, -0.2) is 13.4 Å². The molecule has 3 aliphatic rings. The molecular weight excluding hydrogens is 480 g/mol. The van der Waals surface area contributed by atoms with Gasteiger partial charge in [0.2, 0.25) is 5.13 Å². The number of sulfone groups is 1. The van der Waals surface area contributed by atoms with E-state index in [4.69, 9.17) is 0 Å². The van der Waals surface area contributed by atoms with Gasteiger partial charge in [-0.15, -0.1) is 10.2 Å². The summed E-state index contributed by atoms with van der Waals surface area (Å²) in [6.07, 6.45) is 1.21. The minimum atomic E-state index is -3.26. The Bertz CT molecular complexity index is 1350. The molecule has 0 radical (unpaired) electrons. The molecule has 186 valence electrons. The molecule has 3 saturated heterocycles. The molecule has 10 heteroatoms. The predicted molar refractivity (Wildman–Crippen MR) is 142 cm³/mol. The summed E-state index contributed by atoms with van der Waals surface area (Å²) in [4.78, 5) is 9.82. The lowest BCUT2D eigenvalue weighted by atomic mass is 10.1. The number of likely N-dealkylation sites (N-methyl/N-ethyl adjacent to an activating group) is 1. The maximum absolute atomic E-state index is 11.8. The van der Waals surface area contributed by atoms with Gasteiger partial charge in [0.05, 0.1) is 53.5 Å². The number of thiazole rings is 1. The lowest BCUT2D eigenvalue weighted by Crippen LogP contribution is -2.68. The van der Waals surface area contributed by atoms with E-state index >= 15 is 0 Å². The fraction of sp³-hybridized carbons (Fsp3) is 0.480. The first-order chi connectivity index (χ1) is 16.7. The zero-order valence-corrected chi connectivity index (χ0v) is 22.3. The van der Waals surface area contributed by atoms with Crippen molar-refractivity contribution in [3.8, 4) is 0 Å². The first kappa shape index (κ1) is 24.3. The van der Waals surface area contributed by atoms with Crippen LogP contribution in [0, 0.1) is 6.92 Å². The van der Waals surface area contributed by atoms with Crippen molar-refractivity contribution >= 4 is 47.9 Å². The highest BCUT2D eigenvalue weighted by Crippen LogP contribution is 2.32. The molecule has 3 aliphatic heterocycles. The van der Waals surface area contributed by atoms with Crippen molar-refractivity contribution in [3.05, 3.63) is 42.0 Å².